The van der Waals surface area contributed by atoms with Crippen LogP contribution in [-0.4, -0.2) is 54.4 Å². The summed E-state index contributed by atoms with van der Waals surface area (Å²) in [5.74, 6) is 1.03. The molecule has 1 aromatic rings. The number of ether oxygens (including phenoxy) is 1. The van der Waals surface area contributed by atoms with Crippen LogP contribution >= 0.6 is 0 Å². The molecule has 0 aromatic heterocycles. The van der Waals surface area contributed by atoms with E-state index < -0.39 is 0 Å². The maximum Gasteiger partial charge on any atom is 0.227 e. The fraction of sp³-hybridized carbons (Fsp3) is 0.579. The molecule has 24 heavy (non-hydrogen) atoms. The molecule has 1 aromatic carbocycles. The van der Waals surface area contributed by atoms with Crippen molar-refractivity contribution in [3.8, 4) is 5.75 Å². The van der Waals surface area contributed by atoms with Gasteiger partial charge in [-0.2, -0.15) is 0 Å². The van der Waals surface area contributed by atoms with E-state index in [1.54, 1.807) is 7.11 Å². The minimum Gasteiger partial charge on any atom is -0.496 e. The van der Waals surface area contributed by atoms with Gasteiger partial charge in [-0.15, -0.1) is 0 Å². The van der Waals surface area contributed by atoms with Crippen LogP contribution in [0.5, 0.6) is 5.75 Å². The Kier molecular flexibility index (Phi) is 5.07. The molecule has 3 heterocycles. The van der Waals surface area contributed by atoms with Crippen molar-refractivity contribution in [3.05, 3.63) is 29.8 Å². The summed E-state index contributed by atoms with van der Waals surface area (Å²) in [6, 6.07) is 7.81. The number of fused-ring (bicyclic) bond motifs is 4. The lowest BCUT2D eigenvalue weighted by Crippen LogP contribution is -2.48. The molecule has 3 aliphatic heterocycles. The highest BCUT2D eigenvalue weighted by molar-refractivity contribution is 5.84. The zero-order valence-corrected chi connectivity index (χ0v) is 14.5. The average molecular weight is 330 g/mol. The third-order valence-corrected chi connectivity index (χ3v) is 5.14. The first kappa shape index (κ1) is 16.8. The van der Waals surface area contributed by atoms with Gasteiger partial charge >= 0.3 is 0 Å². The molecule has 0 aliphatic carbocycles. The van der Waals surface area contributed by atoms with E-state index in [2.05, 4.69) is 6.92 Å². The second-order valence-electron chi connectivity index (χ2n) is 6.75. The number of para-hydroxylation sites is 1. The van der Waals surface area contributed by atoms with Crippen molar-refractivity contribution < 1.29 is 14.3 Å². The normalized spacial score (nSPS) is 23.3. The van der Waals surface area contributed by atoms with E-state index >= 15 is 0 Å². The van der Waals surface area contributed by atoms with Gasteiger partial charge in [0.1, 0.15) is 5.75 Å². The fourth-order valence-electron chi connectivity index (χ4n) is 3.90. The van der Waals surface area contributed by atoms with Crippen LogP contribution in [0, 0.1) is 5.92 Å². The number of rotatable bonds is 5. The molecule has 0 radical (unpaired) electrons. The Morgan fingerprint density at radius 3 is 2.79 bits per heavy atom. The molecule has 3 saturated heterocycles. The van der Waals surface area contributed by atoms with Crippen molar-refractivity contribution >= 4 is 11.8 Å². The zero-order valence-electron chi connectivity index (χ0n) is 14.5. The molecule has 3 fully saturated rings. The number of amides is 2. The fourth-order valence-corrected chi connectivity index (χ4v) is 3.90. The van der Waals surface area contributed by atoms with Crippen molar-refractivity contribution in [2.24, 2.45) is 5.92 Å². The molecule has 2 amide bonds. The minimum atomic E-state index is -0.0306. The molecule has 130 valence electrons. The quantitative estimate of drug-likeness (QED) is 0.831. The molecule has 4 rings (SSSR count). The van der Waals surface area contributed by atoms with Crippen LogP contribution in [0.15, 0.2) is 24.3 Å². The number of nitrogens with zero attached hydrogens (tertiary/aromatic N) is 2. The maximum atomic E-state index is 12.8. The van der Waals surface area contributed by atoms with Crippen molar-refractivity contribution in [1.29, 1.82) is 0 Å². The summed E-state index contributed by atoms with van der Waals surface area (Å²) in [6.07, 6.45) is 3.20. The summed E-state index contributed by atoms with van der Waals surface area (Å²) >= 11 is 0. The molecular weight excluding hydrogens is 304 g/mol. The summed E-state index contributed by atoms with van der Waals surface area (Å²) < 4.78 is 5.35. The van der Waals surface area contributed by atoms with Gasteiger partial charge in [0.25, 0.3) is 0 Å². The first-order valence-electron chi connectivity index (χ1n) is 8.84. The summed E-state index contributed by atoms with van der Waals surface area (Å²) in [5.41, 5.74) is 0.901. The largest absolute Gasteiger partial charge is 0.496 e. The van der Waals surface area contributed by atoms with Crippen LogP contribution in [0.2, 0.25) is 0 Å². The monoisotopic (exact) mass is 330 g/mol. The number of methoxy groups -OCH3 is 1. The van der Waals surface area contributed by atoms with Crippen LogP contribution in [0.1, 0.15) is 31.7 Å². The summed E-state index contributed by atoms with van der Waals surface area (Å²) in [6.45, 7) is 4.12. The Morgan fingerprint density at radius 1 is 1.25 bits per heavy atom. The van der Waals surface area contributed by atoms with E-state index in [1.165, 1.54) is 0 Å². The number of piperidine rings is 1. The van der Waals surface area contributed by atoms with Gasteiger partial charge in [-0.1, -0.05) is 25.1 Å². The Bertz CT molecular complexity index is 616. The predicted octanol–water partition coefficient (Wildman–Crippen LogP) is 2.10. The average Bonchev–Trinajstić information content (AvgIpc) is 2.88. The zero-order chi connectivity index (χ0) is 17.1. The second-order valence-corrected chi connectivity index (χ2v) is 6.75. The molecule has 5 nitrogen and oxygen atoms in total. The first-order chi connectivity index (χ1) is 11.6. The van der Waals surface area contributed by atoms with Crippen molar-refractivity contribution in [3.63, 3.8) is 0 Å². The highest BCUT2D eigenvalue weighted by atomic mass is 16.5. The van der Waals surface area contributed by atoms with Gasteiger partial charge in [-0.3, -0.25) is 9.59 Å². The van der Waals surface area contributed by atoms with Crippen molar-refractivity contribution in [2.45, 2.75) is 38.6 Å². The number of benzene rings is 1. The van der Waals surface area contributed by atoms with E-state index in [-0.39, 0.29) is 23.8 Å². The van der Waals surface area contributed by atoms with E-state index in [4.69, 9.17) is 4.74 Å². The molecular formula is C19H26N2O3. The van der Waals surface area contributed by atoms with Gasteiger partial charge in [0.05, 0.1) is 19.4 Å². The molecule has 0 unspecified atom stereocenters. The van der Waals surface area contributed by atoms with Crippen LogP contribution in [-0.2, 0) is 16.0 Å². The number of hydrogen-bond donors (Lipinski definition) is 0. The summed E-state index contributed by atoms with van der Waals surface area (Å²) in [5, 5.41) is 0. The molecule has 5 heteroatoms. The maximum absolute atomic E-state index is 12.8. The second kappa shape index (κ2) is 7.24. The van der Waals surface area contributed by atoms with E-state index in [0.29, 0.717) is 19.5 Å². The smallest absolute Gasteiger partial charge is 0.227 e. The summed E-state index contributed by atoms with van der Waals surface area (Å²) in [4.78, 5) is 29.3. The van der Waals surface area contributed by atoms with Crippen LogP contribution in [0.3, 0.4) is 0 Å². The lowest BCUT2D eigenvalue weighted by Gasteiger charge is -2.35. The molecule has 0 spiro atoms. The third-order valence-electron chi connectivity index (χ3n) is 5.14. The van der Waals surface area contributed by atoms with E-state index in [0.717, 1.165) is 37.1 Å². The minimum absolute atomic E-state index is 0.0306. The van der Waals surface area contributed by atoms with E-state index in [1.807, 2.05) is 34.1 Å². The number of hydrogen-bond acceptors (Lipinski definition) is 3. The topological polar surface area (TPSA) is 49.9 Å². The Morgan fingerprint density at radius 2 is 2.04 bits per heavy atom. The molecule has 3 aliphatic rings. The third kappa shape index (κ3) is 3.25. The molecule has 2 atom stereocenters. The lowest BCUT2D eigenvalue weighted by atomic mass is 9.94. The SMILES string of the molecule is CCCN1C(=O)[C@H]2CC[C@@H]1CN(C(=O)Cc1ccccc1OC)C2. The van der Waals surface area contributed by atoms with Crippen LogP contribution in [0.25, 0.3) is 0 Å². The number of carbonyl (C=O) groups excluding carboxylic acids is 2. The van der Waals surface area contributed by atoms with Crippen molar-refractivity contribution in [1.82, 2.24) is 9.80 Å². The standard InChI is InChI=1S/C19H26N2O3/c1-3-10-21-16-9-8-15(19(21)23)12-20(13-16)18(22)11-14-6-4-5-7-17(14)24-2/h4-7,15-16H,3,8-13H2,1-2H3/t15-,16+/m0/s1. The molecule has 0 N–H and O–H groups in total. The van der Waals surface area contributed by atoms with Crippen LogP contribution in [0.4, 0.5) is 0 Å². The lowest BCUT2D eigenvalue weighted by molar-refractivity contribution is -0.139. The van der Waals surface area contributed by atoms with E-state index in [9.17, 15) is 9.59 Å². The Balaban J connectivity index is 1.73. The molecule has 0 saturated carbocycles. The highest BCUT2D eigenvalue weighted by Crippen LogP contribution is 2.30. The summed E-state index contributed by atoms with van der Waals surface area (Å²) in [7, 11) is 1.62. The van der Waals surface area contributed by atoms with Crippen molar-refractivity contribution in [2.75, 3.05) is 26.7 Å². The highest BCUT2D eigenvalue weighted by Gasteiger charge is 2.41. The Labute approximate surface area is 143 Å². The van der Waals surface area contributed by atoms with Gasteiger partial charge < -0.3 is 14.5 Å². The molecule has 2 bridgehead atoms. The van der Waals surface area contributed by atoms with Gasteiger partial charge in [0, 0.05) is 31.2 Å². The van der Waals surface area contributed by atoms with Gasteiger partial charge in [-0.05, 0) is 25.3 Å². The van der Waals surface area contributed by atoms with Gasteiger partial charge in [0.15, 0.2) is 0 Å². The first-order valence-corrected chi connectivity index (χ1v) is 8.84. The van der Waals surface area contributed by atoms with Gasteiger partial charge in [-0.25, -0.2) is 0 Å². The number of carbonyl (C=O) groups is 2. The van der Waals surface area contributed by atoms with Gasteiger partial charge in [0.2, 0.25) is 11.8 Å². The predicted molar refractivity (Wildman–Crippen MR) is 91.8 cm³/mol. The Hall–Kier alpha value is -2.04. The van der Waals surface area contributed by atoms with Crippen LogP contribution < -0.4 is 4.74 Å².